The molecular weight excluding hydrogens is 724 g/mol. The van der Waals surface area contributed by atoms with E-state index in [-0.39, 0.29) is 50.6 Å². The van der Waals surface area contributed by atoms with Gasteiger partial charge in [0, 0.05) is 19.0 Å². The molecule has 12 heteroatoms. The summed E-state index contributed by atoms with van der Waals surface area (Å²) in [6.45, 7) is 1.19. The van der Waals surface area contributed by atoms with Crippen LogP contribution in [0, 0.1) is 6.92 Å². The molecule has 1 aliphatic rings. The van der Waals surface area contributed by atoms with Crippen LogP contribution < -0.4 is 9.62 Å². The SMILES string of the molecule is Cc1ccc(S(=O)(=O)N(CC(=O)N(Cc2ccc(Cl)c(Cl)c2)[C@H](Cc2ccccc2)C(=O)NC2CCCCC2)c2ccc(Cl)c(Cl)c2)cc1. The maximum absolute atomic E-state index is 14.7. The minimum atomic E-state index is -4.30. The lowest BCUT2D eigenvalue weighted by Gasteiger charge is -2.35. The Morgan fingerprint density at radius 2 is 1.41 bits per heavy atom. The van der Waals surface area contributed by atoms with Crippen molar-refractivity contribution in [1.82, 2.24) is 10.2 Å². The molecule has 0 spiro atoms. The largest absolute Gasteiger partial charge is 0.352 e. The molecule has 1 atom stereocenters. The summed E-state index contributed by atoms with van der Waals surface area (Å²) in [7, 11) is -4.30. The van der Waals surface area contributed by atoms with E-state index in [0.717, 1.165) is 47.5 Å². The molecule has 1 fully saturated rings. The number of nitrogens with zero attached hydrogens (tertiary/aromatic N) is 2. The molecule has 0 aromatic heterocycles. The third kappa shape index (κ3) is 9.50. The highest BCUT2D eigenvalue weighted by atomic mass is 35.5. The van der Waals surface area contributed by atoms with Crippen molar-refractivity contribution in [3.63, 3.8) is 0 Å². The zero-order chi connectivity index (χ0) is 35.1. The average molecular weight is 762 g/mol. The van der Waals surface area contributed by atoms with E-state index in [2.05, 4.69) is 5.32 Å². The standard InChI is InChI=1S/C37H37Cl4N3O4S/c1-25-12-16-30(17-13-25)49(47,48)44(29-15-19-32(39)34(41)22-29)24-36(45)43(23-27-14-18-31(38)33(40)20-27)35(21-26-8-4-2-5-9-26)37(46)42-28-10-6-3-7-11-28/h2,4-5,8-9,12-20,22,28,35H,3,6-7,10-11,21,23-24H2,1H3,(H,42,46)/t35-/m1/s1. The van der Waals surface area contributed by atoms with E-state index in [1.165, 1.54) is 35.2 Å². The van der Waals surface area contributed by atoms with Crippen molar-refractivity contribution in [2.75, 3.05) is 10.8 Å². The van der Waals surface area contributed by atoms with Crippen LogP contribution in [0.5, 0.6) is 0 Å². The van der Waals surface area contributed by atoms with Crippen LogP contribution in [-0.4, -0.2) is 43.8 Å². The molecular formula is C37H37Cl4N3O4S. The van der Waals surface area contributed by atoms with Gasteiger partial charge < -0.3 is 10.2 Å². The molecule has 4 aromatic rings. The summed E-state index contributed by atoms with van der Waals surface area (Å²) in [4.78, 5) is 30.4. The fourth-order valence-corrected chi connectivity index (χ4v) is 7.96. The van der Waals surface area contributed by atoms with Crippen LogP contribution in [0.4, 0.5) is 5.69 Å². The number of sulfonamides is 1. The summed E-state index contributed by atoms with van der Waals surface area (Å²) in [6, 6.07) is 24.1. The quantitative estimate of drug-likeness (QED) is 0.156. The molecule has 0 saturated heterocycles. The smallest absolute Gasteiger partial charge is 0.264 e. The number of carbonyl (C=O) groups is 2. The Morgan fingerprint density at radius 1 is 0.776 bits per heavy atom. The number of rotatable bonds is 12. The Morgan fingerprint density at radius 3 is 2.04 bits per heavy atom. The monoisotopic (exact) mass is 759 g/mol. The number of halogens is 4. The molecule has 0 unspecified atom stereocenters. The second kappa shape index (κ2) is 16.6. The summed E-state index contributed by atoms with van der Waals surface area (Å²) < 4.78 is 29.5. The highest BCUT2D eigenvalue weighted by molar-refractivity contribution is 7.92. The van der Waals surface area contributed by atoms with Gasteiger partial charge in [-0.05, 0) is 73.4 Å². The van der Waals surface area contributed by atoms with Gasteiger partial charge in [-0.2, -0.15) is 0 Å². The summed E-state index contributed by atoms with van der Waals surface area (Å²) in [6.07, 6.45) is 5.03. The molecule has 0 radical (unpaired) electrons. The van der Waals surface area contributed by atoms with Crippen LogP contribution in [0.15, 0.2) is 95.9 Å². The molecule has 1 aliphatic carbocycles. The molecule has 2 amide bonds. The fraction of sp³-hybridized carbons (Fsp3) is 0.297. The van der Waals surface area contributed by atoms with Gasteiger partial charge in [-0.15, -0.1) is 0 Å². The zero-order valence-electron chi connectivity index (χ0n) is 26.9. The molecule has 5 rings (SSSR count). The number of benzene rings is 4. The van der Waals surface area contributed by atoms with Crippen molar-refractivity contribution in [2.24, 2.45) is 0 Å². The molecule has 258 valence electrons. The van der Waals surface area contributed by atoms with Crippen molar-refractivity contribution in [1.29, 1.82) is 0 Å². The number of amides is 2. The Balaban J connectivity index is 1.59. The number of nitrogens with one attached hydrogen (secondary N) is 1. The molecule has 7 nitrogen and oxygen atoms in total. The summed E-state index contributed by atoms with van der Waals surface area (Å²) >= 11 is 25.2. The lowest BCUT2D eigenvalue weighted by molar-refractivity contribution is -0.140. The molecule has 49 heavy (non-hydrogen) atoms. The van der Waals surface area contributed by atoms with Gasteiger partial charge >= 0.3 is 0 Å². The minimum Gasteiger partial charge on any atom is -0.352 e. The normalized spacial score (nSPS) is 14.2. The van der Waals surface area contributed by atoms with E-state index >= 15 is 0 Å². The first-order chi connectivity index (χ1) is 23.4. The molecule has 0 heterocycles. The van der Waals surface area contributed by atoms with Crippen LogP contribution in [0.2, 0.25) is 20.1 Å². The van der Waals surface area contributed by atoms with E-state index in [1.54, 1.807) is 30.3 Å². The maximum atomic E-state index is 14.7. The summed E-state index contributed by atoms with van der Waals surface area (Å²) in [5, 5.41) is 4.18. The van der Waals surface area contributed by atoms with Gasteiger partial charge in [0.1, 0.15) is 12.6 Å². The van der Waals surface area contributed by atoms with Crippen LogP contribution >= 0.6 is 46.4 Å². The molecule has 0 aliphatic heterocycles. The number of hydrogen-bond acceptors (Lipinski definition) is 4. The van der Waals surface area contributed by atoms with Crippen LogP contribution in [0.25, 0.3) is 0 Å². The van der Waals surface area contributed by atoms with E-state index in [9.17, 15) is 18.0 Å². The van der Waals surface area contributed by atoms with E-state index in [4.69, 9.17) is 46.4 Å². The van der Waals surface area contributed by atoms with Gasteiger partial charge in [0.2, 0.25) is 11.8 Å². The highest BCUT2D eigenvalue weighted by Crippen LogP contribution is 2.32. The molecule has 1 saturated carbocycles. The van der Waals surface area contributed by atoms with E-state index in [1.807, 2.05) is 37.3 Å². The topological polar surface area (TPSA) is 86.8 Å². The Labute approximate surface area is 308 Å². The lowest BCUT2D eigenvalue weighted by atomic mass is 9.94. The molecule has 4 aromatic carbocycles. The van der Waals surface area contributed by atoms with Gasteiger partial charge in [-0.25, -0.2) is 8.42 Å². The van der Waals surface area contributed by atoms with Gasteiger partial charge in [0.05, 0.1) is 30.7 Å². The third-order valence-corrected chi connectivity index (χ3v) is 11.9. The first-order valence-corrected chi connectivity index (χ1v) is 19.0. The predicted molar refractivity (Wildman–Crippen MR) is 198 cm³/mol. The van der Waals surface area contributed by atoms with Crippen LogP contribution in [-0.2, 0) is 32.6 Å². The number of carbonyl (C=O) groups excluding carboxylic acids is 2. The van der Waals surface area contributed by atoms with Crippen molar-refractivity contribution >= 4 is 73.9 Å². The van der Waals surface area contributed by atoms with E-state index < -0.39 is 28.5 Å². The summed E-state index contributed by atoms with van der Waals surface area (Å²) in [5.41, 5.74) is 2.47. The van der Waals surface area contributed by atoms with Crippen LogP contribution in [0.1, 0.15) is 48.8 Å². The lowest BCUT2D eigenvalue weighted by Crippen LogP contribution is -2.55. The molecule has 1 N–H and O–H groups in total. The Hall–Kier alpha value is -3.27. The maximum Gasteiger partial charge on any atom is 0.264 e. The van der Waals surface area contributed by atoms with E-state index in [0.29, 0.717) is 10.6 Å². The van der Waals surface area contributed by atoms with Crippen molar-refractivity contribution in [2.45, 2.75) is 69.0 Å². The fourth-order valence-electron chi connectivity index (χ4n) is 5.94. The Kier molecular flexibility index (Phi) is 12.6. The Bertz CT molecular complexity index is 1890. The predicted octanol–water partition coefficient (Wildman–Crippen LogP) is 8.89. The second-order valence-electron chi connectivity index (χ2n) is 12.2. The van der Waals surface area contributed by atoms with Crippen LogP contribution in [0.3, 0.4) is 0 Å². The zero-order valence-corrected chi connectivity index (χ0v) is 30.8. The summed E-state index contributed by atoms with van der Waals surface area (Å²) in [5.74, 6) is -0.917. The highest BCUT2D eigenvalue weighted by Gasteiger charge is 2.35. The van der Waals surface area contributed by atoms with Gasteiger partial charge in [0.15, 0.2) is 0 Å². The second-order valence-corrected chi connectivity index (χ2v) is 15.7. The molecule has 0 bridgehead atoms. The first kappa shape index (κ1) is 37.0. The number of anilines is 1. The minimum absolute atomic E-state index is 0.0103. The number of hydrogen-bond donors (Lipinski definition) is 1. The van der Waals surface area contributed by atoms with Gasteiger partial charge in [0.25, 0.3) is 10.0 Å². The average Bonchev–Trinajstić information content (AvgIpc) is 3.09. The van der Waals surface area contributed by atoms with Gasteiger partial charge in [-0.1, -0.05) is 120 Å². The van der Waals surface area contributed by atoms with Crippen molar-refractivity contribution in [3.8, 4) is 0 Å². The van der Waals surface area contributed by atoms with Gasteiger partial charge in [-0.3, -0.25) is 13.9 Å². The van der Waals surface area contributed by atoms with Crippen molar-refractivity contribution < 1.29 is 18.0 Å². The third-order valence-electron chi connectivity index (χ3n) is 8.64. The number of aryl methyl sites for hydroxylation is 1. The van der Waals surface area contributed by atoms with Crippen molar-refractivity contribution in [3.05, 3.63) is 128 Å². The first-order valence-electron chi connectivity index (χ1n) is 16.0.